The molecule has 0 saturated heterocycles. The van der Waals surface area contributed by atoms with Crippen molar-refractivity contribution in [3.63, 3.8) is 0 Å². The standard InChI is InChI=1S/C13H21NO2S/c1-16-10-9-14-8-5-11-17(15)12-13-6-3-2-4-7-13/h2-4,6-7,14H,5,8-12H2,1H3. The number of nitrogens with one attached hydrogen (secondary N) is 1. The van der Waals surface area contributed by atoms with Crippen molar-refractivity contribution >= 4 is 10.8 Å². The lowest BCUT2D eigenvalue weighted by atomic mass is 10.2. The van der Waals surface area contributed by atoms with Gasteiger partial charge in [0.15, 0.2) is 0 Å². The van der Waals surface area contributed by atoms with E-state index >= 15 is 0 Å². The Morgan fingerprint density at radius 3 is 2.71 bits per heavy atom. The highest BCUT2D eigenvalue weighted by Crippen LogP contribution is 2.03. The van der Waals surface area contributed by atoms with Crippen molar-refractivity contribution in [2.75, 3.05) is 32.6 Å². The molecule has 0 fully saturated rings. The van der Waals surface area contributed by atoms with E-state index in [-0.39, 0.29) is 0 Å². The van der Waals surface area contributed by atoms with Gasteiger partial charge in [0.25, 0.3) is 0 Å². The molecule has 0 heterocycles. The van der Waals surface area contributed by atoms with Crippen molar-refractivity contribution in [1.82, 2.24) is 5.32 Å². The molecule has 1 aromatic rings. The Kier molecular flexibility index (Phi) is 7.88. The SMILES string of the molecule is COCCNCCCS(=O)Cc1ccccc1. The summed E-state index contributed by atoms with van der Waals surface area (Å²) in [7, 11) is 0.942. The molecule has 96 valence electrons. The second-order valence-electron chi connectivity index (χ2n) is 3.87. The van der Waals surface area contributed by atoms with E-state index in [1.807, 2.05) is 30.3 Å². The average molecular weight is 255 g/mol. The van der Waals surface area contributed by atoms with Crippen LogP contribution in [0.4, 0.5) is 0 Å². The average Bonchev–Trinajstić information content (AvgIpc) is 2.35. The van der Waals surface area contributed by atoms with E-state index in [4.69, 9.17) is 4.74 Å². The summed E-state index contributed by atoms with van der Waals surface area (Å²) in [5.74, 6) is 1.42. The van der Waals surface area contributed by atoms with Crippen molar-refractivity contribution in [2.45, 2.75) is 12.2 Å². The molecule has 4 heteroatoms. The molecule has 3 nitrogen and oxygen atoms in total. The van der Waals surface area contributed by atoms with Crippen molar-refractivity contribution < 1.29 is 8.95 Å². The van der Waals surface area contributed by atoms with Crippen LogP contribution in [0.3, 0.4) is 0 Å². The Labute approximate surface area is 106 Å². The summed E-state index contributed by atoms with van der Waals surface area (Å²) in [6, 6.07) is 9.99. The zero-order chi connectivity index (χ0) is 12.3. The molecular weight excluding hydrogens is 234 g/mol. The topological polar surface area (TPSA) is 38.3 Å². The molecule has 1 N–H and O–H groups in total. The summed E-state index contributed by atoms with van der Waals surface area (Å²) in [5.41, 5.74) is 1.15. The van der Waals surface area contributed by atoms with Gasteiger partial charge in [0.2, 0.25) is 0 Å². The number of benzene rings is 1. The summed E-state index contributed by atoms with van der Waals surface area (Å²) >= 11 is 0. The van der Waals surface area contributed by atoms with Gasteiger partial charge < -0.3 is 10.1 Å². The highest BCUT2D eigenvalue weighted by Gasteiger charge is 2.00. The maximum atomic E-state index is 11.8. The predicted octanol–water partition coefficient (Wildman–Crippen LogP) is 1.56. The van der Waals surface area contributed by atoms with E-state index in [9.17, 15) is 4.21 Å². The zero-order valence-corrected chi connectivity index (χ0v) is 11.2. The summed E-state index contributed by atoms with van der Waals surface area (Å²) in [6.45, 7) is 2.50. The van der Waals surface area contributed by atoms with Gasteiger partial charge in [-0.25, -0.2) is 0 Å². The van der Waals surface area contributed by atoms with Crippen LogP contribution < -0.4 is 5.32 Å². The molecule has 1 atom stereocenters. The molecule has 0 aliphatic carbocycles. The van der Waals surface area contributed by atoms with Crippen LogP contribution in [-0.4, -0.2) is 36.8 Å². The van der Waals surface area contributed by atoms with Crippen molar-refractivity contribution in [3.8, 4) is 0 Å². The van der Waals surface area contributed by atoms with Gasteiger partial charge in [-0.15, -0.1) is 0 Å². The number of hydrogen-bond acceptors (Lipinski definition) is 3. The number of rotatable bonds is 9. The number of methoxy groups -OCH3 is 1. The van der Waals surface area contributed by atoms with Crippen LogP contribution in [0.15, 0.2) is 30.3 Å². The maximum Gasteiger partial charge on any atom is 0.0587 e. The van der Waals surface area contributed by atoms with Gasteiger partial charge >= 0.3 is 0 Å². The molecule has 0 bridgehead atoms. The third-order valence-corrected chi connectivity index (χ3v) is 3.78. The van der Waals surface area contributed by atoms with Crippen molar-refractivity contribution in [2.24, 2.45) is 0 Å². The van der Waals surface area contributed by atoms with Gasteiger partial charge in [0.05, 0.1) is 6.61 Å². The molecule has 0 aliphatic heterocycles. The molecule has 1 rings (SSSR count). The van der Waals surface area contributed by atoms with Crippen LogP contribution in [0.5, 0.6) is 0 Å². The highest BCUT2D eigenvalue weighted by atomic mass is 32.2. The first-order chi connectivity index (χ1) is 8.33. The van der Waals surface area contributed by atoms with Crippen molar-refractivity contribution in [3.05, 3.63) is 35.9 Å². The minimum Gasteiger partial charge on any atom is -0.383 e. The lowest BCUT2D eigenvalue weighted by Crippen LogP contribution is -2.21. The lowest BCUT2D eigenvalue weighted by Gasteiger charge is -2.04. The molecule has 0 saturated carbocycles. The fourth-order valence-corrected chi connectivity index (χ4v) is 2.66. The van der Waals surface area contributed by atoms with Gasteiger partial charge in [-0.05, 0) is 18.5 Å². The Balaban J connectivity index is 2.06. The van der Waals surface area contributed by atoms with E-state index in [1.54, 1.807) is 7.11 Å². The zero-order valence-electron chi connectivity index (χ0n) is 10.4. The van der Waals surface area contributed by atoms with E-state index in [0.717, 1.165) is 37.4 Å². The molecule has 1 aromatic carbocycles. The van der Waals surface area contributed by atoms with Crippen LogP contribution in [-0.2, 0) is 21.3 Å². The Bertz CT molecular complexity index is 316. The van der Waals surface area contributed by atoms with Gasteiger partial charge in [0.1, 0.15) is 0 Å². The summed E-state index contributed by atoms with van der Waals surface area (Å²) in [4.78, 5) is 0. The van der Waals surface area contributed by atoms with Crippen LogP contribution in [0, 0.1) is 0 Å². The minimum absolute atomic E-state index is 0.666. The predicted molar refractivity (Wildman–Crippen MR) is 72.5 cm³/mol. The highest BCUT2D eigenvalue weighted by molar-refractivity contribution is 7.84. The normalized spacial score (nSPS) is 12.5. The van der Waals surface area contributed by atoms with Crippen LogP contribution in [0.25, 0.3) is 0 Å². The summed E-state index contributed by atoms with van der Waals surface area (Å²) in [5, 5.41) is 3.25. The van der Waals surface area contributed by atoms with Crippen LogP contribution in [0.2, 0.25) is 0 Å². The summed E-state index contributed by atoms with van der Waals surface area (Å²) < 4.78 is 16.7. The quantitative estimate of drug-likeness (QED) is 0.681. The fourth-order valence-electron chi connectivity index (χ4n) is 1.49. The maximum absolute atomic E-state index is 11.8. The Morgan fingerprint density at radius 1 is 1.24 bits per heavy atom. The van der Waals surface area contributed by atoms with Gasteiger partial charge in [0, 0.05) is 36.0 Å². The molecule has 0 radical (unpaired) electrons. The third kappa shape index (κ3) is 7.26. The van der Waals surface area contributed by atoms with Gasteiger partial charge in [-0.2, -0.15) is 0 Å². The second kappa shape index (κ2) is 9.33. The van der Waals surface area contributed by atoms with Gasteiger partial charge in [-0.3, -0.25) is 4.21 Å². The molecule has 0 amide bonds. The van der Waals surface area contributed by atoms with E-state index in [2.05, 4.69) is 5.32 Å². The number of hydrogen-bond donors (Lipinski definition) is 1. The van der Waals surface area contributed by atoms with E-state index in [0.29, 0.717) is 5.75 Å². The Morgan fingerprint density at radius 2 is 2.00 bits per heavy atom. The van der Waals surface area contributed by atoms with E-state index < -0.39 is 10.8 Å². The first-order valence-electron chi connectivity index (χ1n) is 5.91. The first kappa shape index (κ1) is 14.4. The molecule has 1 unspecified atom stereocenters. The molecule has 17 heavy (non-hydrogen) atoms. The molecule has 0 aromatic heterocycles. The fraction of sp³-hybridized carbons (Fsp3) is 0.538. The smallest absolute Gasteiger partial charge is 0.0587 e. The van der Waals surface area contributed by atoms with Gasteiger partial charge in [-0.1, -0.05) is 30.3 Å². The minimum atomic E-state index is -0.749. The lowest BCUT2D eigenvalue weighted by molar-refractivity contribution is 0.199. The monoisotopic (exact) mass is 255 g/mol. The Hall–Kier alpha value is -0.710. The van der Waals surface area contributed by atoms with E-state index in [1.165, 1.54) is 0 Å². The molecule has 0 spiro atoms. The molecular formula is C13H21NO2S. The number of ether oxygens (including phenoxy) is 1. The van der Waals surface area contributed by atoms with Crippen LogP contribution in [0.1, 0.15) is 12.0 Å². The van der Waals surface area contributed by atoms with Crippen molar-refractivity contribution in [1.29, 1.82) is 0 Å². The third-order valence-electron chi connectivity index (χ3n) is 2.38. The molecule has 0 aliphatic rings. The second-order valence-corrected chi connectivity index (χ2v) is 5.45. The first-order valence-corrected chi connectivity index (χ1v) is 7.40. The largest absolute Gasteiger partial charge is 0.383 e. The summed E-state index contributed by atoms with van der Waals surface area (Å²) in [6.07, 6.45) is 0.948. The van der Waals surface area contributed by atoms with Crippen LogP contribution >= 0.6 is 0 Å².